The van der Waals surface area contributed by atoms with Gasteiger partial charge in [0.2, 0.25) is 7.37 Å². The van der Waals surface area contributed by atoms with Gasteiger partial charge in [0.15, 0.2) is 25.0 Å². The van der Waals surface area contributed by atoms with Gasteiger partial charge in [0.1, 0.15) is 11.7 Å². The minimum Gasteiger partial charge on any atom is -0.386 e. The predicted octanol–water partition coefficient (Wildman–Crippen LogP) is 10.9. The largest absolute Gasteiger partial charge is 0.386 e. The van der Waals surface area contributed by atoms with Gasteiger partial charge in [-0.2, -0.15) is 0 Å². The molecule has 0 saturated carbocycles. The Morgan fingerprint density at radius 2 is 1.10 bits per heavy atom. The summed E-state index contributed by atoms with van der Waals surface area (Å²) < 4.78 is 47.4. The summed E-state index contributed by atoms with van der Waals surface area (Å²) in [7, 11) is -14.6. The van der Waals surface area contributed by atoms with Gasteiger partial charge in [-0.05, 0) is 132 Å². The lowest BCUT2D eigenvalue weighted by molar-refractivity contribution is 0.325. The van der Waals surface area contributed by atoms with E-state index in [4.69, 9.17) is 12.6 Å². The Labute approximate surface area is 244 Å². The van der Waals surface area contributed by atoms with Gasteiger partial charge in [0.05, 0.1) is 0 Å². The first-order valence-corrected chi connectivity index (χ1v) is 28.1. The van der Waals surface area contributed by atoms with Gasteiger partial charge < -0.3 is 17.7 Å². The first-order chi connectivity index (χ1) is 17.5. The van der Waals surface area contributed by atoms with Crippen LogP contribution in [0.3, 0.4) is 0 Å². The van der Waals surface area contributed by atoms with Crippen LogP contribution < -0.4 is 0 Å². The maximum Gasteiger partial charge on any atom is 0.324 e. The van der Waals surface area contributed by atoms with Gasteiger partial charge in [0, 0.05) is 0 Å². The van der Waals surface area contributed by atoms with Crippen LogP contribution in [0.5, 0.6) is 0 Å². The first kappa shape index (κ1) is 39.2. The summed E-state index contributed by atoms with van der Waals surface area (Å²) in [4.78, 5) is 0. The second-order valence-electron chi connectivity index (χ2n) is 13.9. The number of aliphatic hydroxyl groups is 1. The fraction of sp³-hybridized carbons (Fsp3) is 0.786. The van der Waals surface area contributed by atoms with Crippen LogP contribution in [0.25, 0.3) is 0 Å². The van der Waals surface area contributed by atoms with Crippen LogP contribution in [0.15, 0.2) is 34.9 Å². The highest BCUT2D eigenvalue weighted by atomic mass is 31.2. The fourth-order valence-corrected chi connectivity index (χ4v) is 20.6. The molecule has 0 spiro atoms. The summed E-state index contributed by atoms with van der Waals surface area (Å²) >= 11 is 0. The molecule has 0 amide bonds. The van der Waals surface area contributed by atoms with Crippen LogP contribution in [0.1, 0.15) is 72.6 Å². The monoisotopic (exact) mass is 638 g/mol. The van der Waals surface area contributed by atoms with E-state index in [9.17, 15) is 14.2 Å². The number of rotatable bonds is 19. The van der Waals surface area contributed by atoms with Crippen LogP contribution in [0.4, 0.5) is 0 Å². The van der Waals surface area contributed by atoms with Crippen molar-refractivity contribution >= 4 is 39.9 Å². The van der Waals surface area contributed by atoms with E-state index < -0.39 is 51.7 Å². The van der Waals surface area contributed by atoms with Gasteiger partial charge in [0.25, 0.3) is 0 Å². The zero-order valence-corrected chi connectivity index (χ0v) is 32.1. The molecule has 1 N–H and O–H groups in total. The topological polar surface area (TPSA) is 82.1 Å². The van der Waals surface area contributed by atoms with Crippen molar-refractivity contribution in [2.45, 2.75) is 137 Å². The van der Waals surface area contributed by atoms with Crippen molar-refractivity contribution in [2.75, 3.05) is 6.35 Å². The van der Waals surface area contributed by atoms with Gasteiger partial charge in [-0.3, -0.25) is 9.13 Å². The van der Waals surface area contributed by atoms with E-state index in [2.05, 4.69) is 45.9 Å². The molecule has 0 aliphatic rings. The molecule has 0 heterocycles. The third-order valence-corrected chi connectivity index (χ3v) is 19.8. The van der Waals surface area contributed by atoms with E-state index in [0.29, 0.717) is 12.8 Å². The molecule has 2 atom stereocenters. The molecule has 230 valence electrons. The Balaban J connectivity index is 5.74. The Bertz CT molecular complexity index is 916. The van der Waals surface area contributed by atoms with E-state index in [0.717, 1.165) is 32.1 Å². The fourth-order valence-electron chi connectivity index (χ4n) is 4.11. The van der Waals surface area contributed by atoms with Crippen molar-refractivity contribution in [3.05, 3.63) is 34.9 Å². The third-order valence-electron chi connectivity index (χ3n) is 5.53. The number of aliphatic hydroxyl groups excluding tert-OH is 1. The highest BCUT2D eigenvalue weighted by Crippen LogP contribution is 2.73. The summed E-state index contributed by atoms with van der Waals surface area (Å²) in [5.74, 6) is 0. The summed E-state index contributed by atoms with van der Waals surface area (Å²) in [5, 5.41) is 9.38. The van der Waals surface area contributed by atoms with E-state index in [1.165, 1.54) is 16.7 Å². The van der Waals surface area contributed by atoms with Crippen molar-refractivity contribution in [3.63, 3.8) is 0 Å². The summed E-state index contributed by atoms with van der Waals surface area (Å²) in [6.45, 7) is 26.1. The molecule has 6 nitrogen and oxygen atoms in total. The summed E-state index contributed by atoms with van der Waals surface area (Å²) in [6.07, 6.45) is 12.1. The number of allylic oxidation sites excluding steroid dienone is 6. The molecule has 0 aromatic carbocycles. The lowest BCUT2D eigenvalue weighted by atomic mass is 10.1. The number of hydrogen-bond donors (Lipinski definition) is 1. The van der Waals surface area contributed by atoms with Crippen LogP contribution in [-0.2, 0) is 21.8 Å². The molecule has 0 radical (unpaired) electrons. The number of hydrogen-bond acceptors (Lipinski definition) is 6. The molecule has 0 saturated heterocycles. The highest BCUT2D eigenvalue weighted by molar-refractivity contribution is 7.76. The summed E-state index contributed by atoms with van der Waals surface area (Å²) in [6, 6.07) is 0. The molecular formula is C28H60O6P2Si3. The van der Waals surface area contributed by atoms with Crippen LogP contribution in [0.2, 0.25) is 58.9 Å². The zero-order chi connectivity index (χ0) is 30.7. The molecule has 11 heteroatoms. The average molecular weight is 639 g/mol. The van der Waals surface area contributed by atoms with Crippen LogP contribution in [-0.4, -0.2) is 41.8 Å². The van der Waals surface area contributed by atoms with Gasteiger partial charge in [-0.1, -0.05) is 34.9 Å². The maximum absolute atomic E-state index is 14.5. The molecular weight excluding hydrogens is 579 g/mol. The normalized spacial score (nSPS) is 16.7. The number of unbranched alkanes of at least 4 members (excludes halogenated alkanes) is 1. The second kappa shape index (κ2) is 16.7. The van der Waals surface area contributed by atoms with Crippen molar-refractivity contribution in [1.29, 1.82) is 0 Å². The molecule has 0 aliphatic carbocycles. The van der Waals surface area contributed by atoms with Gasteiger partial charge in [-0.25, -0.2) is 0 Å². The minimum atomic E-state index is -3.84. The Morgan fingerprint density at radius 1 is 0.692 bits per heavy atom. The Morgan fingerprint density at radius 3 is 1.49 bits per heavy atom. The average Bonchev–Trinajstić information content (AvgIpc) is 2.68. The zero-order valence-electron chi connectivity index (χ0n) is 27.3. The van der Waals surface area contributed by atoms with Crippen molar-refractivity contribution < 1.29 is 26.9 Å². The maximum atomic E-state index is 14.5. The highest BCUT2D eigenvalue weighted by Gasteiger charge is 2.53. The molecule has 0 fully saturated rings. The molecule has 39 heavy (non-hydrogen) atoms. The lowest BCUT2D eigenvalue weighted by Gasteiger charge is -2.39. The molecule has 0 aromatic rings. The summed E-state index contributed by atoms with van der Waals surface area (Å²) in [5.41, 5.74) is 4.09. The van der Waals surface area contributed by atoms with E-state index in [1.54, 1.807) is 0 Å². The smallest absolute Gasteiger partial charge is 0.324 e. The van der Waals surface area contributed by atoms with E-state index in [1.807, 2.05) is 58.9 Å². The predicted molar refractivity (Wildman–Crippen MR) is 179 cm³/mol. The van der Waals surface area contributed by atoms with Crippen molar-refractivity contribution in [1.82, 2.24) is 0 Å². The molecule has 2 unspecified atom stereocenters. The van der Waals surface area contributed by atoms with Crippen molar-refractivity contribution in [3.8, 4) is 0 Å². The quantitative estimate of drug-likeness (QED) is 0.0656. The first-order valence-electron chi connectivity index (χ1n) is 14.4. The van der Waals surface area contributed by atoms with Gasteiger partial charge >= 0.3 is 7.60 Å². The van der Waals surface area contributed by atoms with Gasteiger partial charge in [-0.15, -0.1) is 0 Å². The second-order valence-corrected chi connectivity index (χ2v) is 33.2. The molecule has 0 rings (SSSR count). The molecule has 0 bridgehead atoms. The van der Waals surface area contributed by atoms with Crippen LogP contribution in [0, 0.1) is 0 Å². The molecule has 0 aliphatic heterocycles. The standard InChI is InChI=1S/C28H60O6P2Si3/c1-25(2)18-16-20-27(4)22-17-21-26(3)19-14-15-23-28(35(30,24-29)32-37(5,6)7)36(31,33-38(8,9)10)34-39(11,12)13/h18-19,22,28-29H,14-17,20-21,23-24H2,1-13H3/b26-19+,27-22+. The Kier molecular flexibility index (Phi) is 16.8. The SMILES string of the molecule is CC(C)=CCC/C(C)=C/CC/C(C)=C/CCCC(P(=O)(CO)O[Si](C)(C)C)P(=O)(O[Si](C)(C)C)O[Si](C)(C)C. The van der Waals surface area contributed by atoms with E-state index in [-0.39, 0.29) is 0 Å². The van der Waals surface area contributed by atoms with Crippen LogP contribution >= 0.6 is 15.0 Å². The van der Waals surface area contributed by atoms with E-state index >= 15 is 0 Å². The van der Waals surface area contributed by atoms with Crippen molar-refractivity contribution in [2.24, 2.45) is 0 Å². The molecule has 0 aromatic heterocycles. The third kappa shape index (κ3) is 18.3. The Hall–Kier alpha value is 0.171. The lowest BCUT2D eigenvalue weighted by Crippen LogP contribution is -2.35. The minimum absolute atomic E-state index is 0.349.